The van der Waals surface area contributed by atoms with Gasteiger partial charge in [-0.25, -0.2) is 9.97 Å². The van der Waals surface area contributed by atoms with Crippen LogP contribution in [0.15, 0.2) is 37.1 Å². The Kier molecular flexibility index (Phi) is 5.78. The van der Waals surface area contributed by atoms with Gasteiger partial charge in [-0.2, -0.15) is 0 Å². The number of ether oxygens (including phenoxy) is 1. The van der Waals surface area contributed by atoms with Crippen LogP contribution in [-0.4, -0.2) is 63.7 Å². The first-order valence-electron chi connectivity index (χ1n) is 8.72. The molecule has 0 radical (unpaired) electrons. The van der Waals surface area contributed by atoms with Gasteiger partial charge < -0.3 is 10.1 Å². The maximum absolute atomic E-state index is 12.3. The molecule has 1 N–H and O–H groups in total. The molecule has 3 rings (SSSR count). The minimum absolute atomic E-state index is 0.0764. The molecule has 2 unspecified atom stereocenters. The van der Waals surface area contributed by atoms with Crippen molar-refractivity contribution in [3.63, 3.8) is 0 Å². The van der Waals surface area contributed by atoms with E-state index in [4.69, 9.17) is 4.74 Å². The summed E-state index contributed by atoms with van der Waals surface area (Å²) in [5.74, 6) is 0.605. The second-order valence-electron chi connectivity index (χ2n) is 6.50. The van der Waals surface area contributed by atoms with Gasteiger partial charge in [0, 0.05) is 50.3 Å². The molecule has 1 aliphatic rings. The summed E-state index contributed by atoms with van der Waals surface area (Å²) in [7, 11) is 0. The van der Waals surface area contributed by atoms with Crippen molar-refractivity contribution in [2.24, 2.45) is 0 Å². The predicted octanol–water partition coefficient (Wildman–Crippen LogP) is 1.50. The van der Waals surface area contributed by atoms with Crippen LogP contribution >= 0.6 is 0 Å². The Morgan fingerprint density at radius 2 is 2.12 bits per heavy atom. The molecule has 0 saturated carbocycles. The Hall–Kier alpha value is -2.25. The quantitative estimate of drug-likeness (QED) is 0.805. The van der Waals surface area contributed by atoms with E-state index >= 15 is 0 Å². The van der Waals surface area contributed by atoms with Crippen LogP contribution in [0.5, 0.6) is 0 Å². The molecule has 2 atom stereocenters. The second kappa shape index (κ2) is 8.22. The number of imidazole rings is 1. The molecule has 3 heterocycles. The number of rotatable bonds is 6. The molecule has 0 aromatic carbocycles. The average Bonchev–Trinajstić information content (AvgIpc) is 3.12. The molecule has 1 fully saturated rings. The smallest absolute Gasteiger partial charge is 0.251 e. The lowest BCUT2D eigenvalue weighted by molar-refractivity contribution is -0.0679. The lowest BCUT2D eigenvalue weighted by atomic mass is 10.2. The first kappa shape index (κ1) is 17.6. The van der Waals surface area contributed by atoms with Gasteiger partial charge in [0.15, 0.2) is 0 Å². The van der Waals surface area contributed by atoms with Crippen LogP contribution in [0, 0.1) is 0 Å². The number of carbonyl (C=O) groups excluding carboxylic acids is 1. The summed E-state index contributed by atoms with van der Waals surface area (Å²) in [6, 6.07) is 3.49. The van der Waals surface area contributed by atoms with Crippen LogP contribution in [0.2, 0.25) is 0 Å². The number of morpholine rings is 1. The standard InChI is InChI=1S/C18H25N5O2/c1-14-11-22(12-15(2)25-14)8-3-5-21-18(24)16-4-6-20-17(10-16)23-9-7-19-13-23/h4,6-7,9-10,13-15H,3,5,8,11-12H2,1-2H3,(H,21,24). The predicted molar refractivity (Wildman–Crippen MR) is 94.8 cm³/mol. The van der Waals surface area contributed by atoms with Gasteiger partial charge in [0.05, 0.1) is 12.2 Å². The molecule has 7 heteroatoms. The summed E-state index contributed by atoms with van der Waals surface area (Å²) < 4.78 is 7.51. The number of carbonyl (C=O) groups is 1. The number of hydrogen-bond acceptors (Lipinski definition) is 5. The van der Waals surface area contributed by atoms with Crippen LogP contribution in [0.25, 0.3) is 5.82 Å². The van der Waals surface area contributed by atoms with Gasteiger partial charge >= 0.3 is 0 Å². The van der Waals surface area contributed by atoms with Crippen LogP contribution in [0.3, 0.4) is 0 Å². The van der Waals surface area contributed by atoms with E-state index in [1.165, 1.54) is 0 Å². The Bertz CT molecular complexity index is 679. The lowest BCUT2D eigenvalue weighted by Gasteiger charge is -2.35. The Balaban J connectivity index is 1.46. The van der Waals surface area contributed by atoms with Gasteiger partial charge in [0.2, 0.25) is 0 Å². The molecule has 0 bridgehead atoms. The van der Waals surface area contributed by atoms with Gasteiger partial charge in [0.1, 0.15) is 12.1 Å². The van der Waals surface area contributed by atoms with E-state index in [9.17, 15) is 4.79 Å². The summed E-state index contributed by atoms with van der Waals surface area (Å²) in [5, 5.41) is 2.98. The number of pyridine rings is 1. The third kappa shape index (κ3) is 4.87. The molecule has 2 aromatic heterocycles. The zero-order chi connectivity index (χ0) is 17.6. The second-order valence-corrected chi connectivity index (χ2v) is 6.50. The van der Waals surface area contributed by atoms with E-state index in [0.717, 1.165) is 26.1 Å². The minimum atomic E-state index is -0.0764. The lowest BCUT2D eigenvalue weighted by Crippen LogP contribution is -2.46. The largest absolute Gasteiger partial charge is 0.373 e. The highest BCUT2D eigenvalue weighted by Gasteiger charge is 2.21. The van der Waals surface area contributed by atoms with E-state index in [0.29, 0.717) is 17.9 Å². The first-order chi connectivity index (χ1) is 12.1. The topological polar surface area (TPSA) is 72.3 Å². The molecule has 0 aliphatic carbocycles. The number of aromatic nitrogens is 3. The van der Waals surface area contributed by atoms with Crippen molar-refractivity contribution in [3.8, 4) is 5.82 Å². The Morgan fingerprint density at radius 1 is 1.32 bits per heavy atom. The van der Waals surface area contributed by atoms with E-state index < -0.39 is 0 Å². The van der Waals surface area contributed by atoms with E-state index in [2.05, 4.69) is 34.0 Å². The van der Waals surface area contributed by atoms with Crippen LogP contribution < -0.4 is 5.32 Å². The van der Waals surface area contributed by atoms with Crippen LogP contribution in [0.4, 0.5) is 0 Å². The highest BCUT2D eigenvalue weighted by Crippen LogP contribution is 2.11. The van der Waals surface area contributed by atoms with Crippen molar-refractivity contribution in [3.05, 3.63) is 42.6 Å². The number of nitrogens with zero attached hydrogens (tertiary/aromatic N) is 4. The molecule has 1 amide bonds. The fraction of sp³-hybridized carbons (Fsp3) is 0.500. The van der Waals surface area contributed by atoms with E-state index in [-0.39, 0.29) is 18.1 Å². The fourth-order valence-corrected chi connectivity index (χ4v) is 3.17. The minimum Gasteiger partial charge on any atom is -0.373 e. The normalized spacial score (nSPS) is 21.2. The highest BCUT2D eigenvalue weighted by molar-refractivity contribution is 5.94. The molecular formula is C18H25N5O2. The van der Waals surface area contributed by atoms with Gasteiger partial charge in [0.25, 0.3) is 5.91 Å². The first-order valence-corrected chi connectivity index (χ1v) is 8.72. The van der Waals surface area contributed by atoms with E-state index in [1.807, 2.05) is 0 Å². The van der Waals surface area contributed by atoms with Gasteiger partial charge in [-0.15, -0.1) is 0 Å². The van der Waals surface area contributed by atoms with Crippen LogP contribution in [0.1, 0.15) is 30.6 Å². The van der Waals surface area contributed by atoms with Crippen molar-refractivity contribution in [2.75, 3.05) is 26.2 Å². The number of amides is 1. The summed E-state index contributed by atoms with van der Waals surface area (Å²) in [6.45, 7) is 7.74. The van der Waals surface area contributed by atoms with Crippen molar-refractivity contribution in [2.45, 2.75) is 32.5 Å². The Labute approximate surface area is 148 Å². The molecule has 7 nitrogen and oxygen atoms in total. The third-order valence-electron chi connectivity index (χ3n) is 4.21. The summed E-state index contributed by atoms with van der Waals surface area (Å²) in [6.07, 6.45) is 8.25. The van der Waals surface area contributed by atoms with E-state index in [1.54, 1.807) is 41.6 Å². The summed E-state index contributed by atoms with van der Waals surface area (Å²) in [4.78, 5) is 23.0. The average molecular weight is 343 g/mol. The SMILES string of the molecule is CC1CN(CCCNC(=O)c2ccnc(-n3ccnc3)c2)CC(C)O1. The molecular weight excluding hydrogens is 318 g/mol. The van der Waals surface area contributed by atoms with Gasteiger partial charge in [-0.05, 0) is 32.4 Å². The molecule has 25 heavy (non-hydrogen) atoms. The van der Waals surface area contributed by atoms with Crippen LogP contribution in [-0.2, 0) is 4.74 Å². The third-order valence-corrected chi connectivity index (χ3v) is 4.21. The fourth-order valence-electron chi connectivity index (χ4n) is 3.17. The number of hydrogen-bond donors (Lipinski definition) is 1. The highest BCUT2D eigenvalue weighted by atomic mass is 16.5. The maximum Gasteiger partial charge on any atom is 0.251 e. The number of nitrogens with one attached hydrogen (secondary N) is 1. The van der Waals surface area contributed by atoms with Gasteiger partial charge in [-0.1, -0.05) is 0 Å². The maximum atomic E-state index is 12.3. The summed E-state index contributed by atoms with van der Waals surface area (Å²) >= 11 is 0. The van der Waals surface area contributed by atoms with Crippen molar-refractivity contribution < 1.29 is 9.53 Å². The zero-order valence-corrected chi connectivity index (χ0v) is 14.8. The molecule has 1 saturated heterocycles. The van der Waals surface area contributed by atoms with Crippen molar-refractivity contribution in [1.82, 2.24) is 24.8 Å². The van der Waals surface area contributed by atoms with Crippen molar-refractivity contribution in [1.29, 1.82) is 0 Å². The Morgan fingerprint density at radius 3 is 2.84 bits per heavy atom. The molecule has 134 valence electrons. The van der Waals surface area contributed by atoms with Gasteiger partial charge in [-0.3, -0.25) is 14.3 Å². The molecule has 1 aliphatic heterocycles. The monoisotopic (exact) mass is 343 g/mol. The molecule has 2 aromatic rings. The van der Waals surface area contributed by atoms with Crippen molar-refractivity contribution >= 4 is 5.91 Å². The molecule has 0 spiro atoms. The summed E-state index contributed by atoms with van der Waals surface area (Å²) in [5.41, 5.74) is 0.604. The zero-order valence-electron chi connectivity index (χ0n) is 14.8.